The minimum Gasteiger partial charge on any atom is -0.448 e. The topological polar surface area (TPSA) is 58.6 Å². The molecule has 5 heteroatoms. The first-order valence-electron chi connectivity index (χ1n) is 5.13. The van der Waals surface area contributed by atoms with Crippen molar-refractivity contribution in [3.63, 3.8) is 0 Å². The van der Waals surface area contributed by atoms with Gasteiger partial charge >= 0.3 is 6.09 Å². The van der Waals surface area contributed by atoms with E-state index in [2.05, 4.69) is 11.4 Å². The van der Waals surface area contributed by atoms with Crippen LogP contribution >= 0.6 is 0 Å². The molecule has 0 aromatic rings. The third-order valence-corrected chi connectivity index (χ3v) is 2.54. The summed E-state index contributed by atoms with van der Waals surface area (Å²) in [6.07, 6.45) is 5.61. The lowest BCUT2D eigenvalue weighted by molar-refractivity contribution is -0.122. The van der Waals surface area contributed by atoms with Crippen molar-refractivity contribution < 1.29 is 14.3 Å². The summed E-state index contributed by atoms with van der Waals surface area (Å²) < 4.78 is 4.73. The van der Waals surface area contributed by atoms with Crippen molar-refractivity contribution >= 4 is 12.0 Å². The molecule has 2 aliphatic rings. The van der Waals surface area contributed by atoms with Crippen LogP contribution in [0.15, 0.2) is 12.2 Å². The maximum Gasteiger partial charge on any atom is 0.410 e. The third kappa shape index (κ3) is 2.49. The SMILES string of the molecule is O=C(CN1CCOC1=O)NC1C=CCC1. The van der Waals surface area contributed by atoms with E-state index in [1.165, 1.54) is 4.90 Å². The van der Waals surface area contributed by atoms with Gasteiger partial charge in [0.2, 0.25) is 5.91 Å². The van der Waals surface area contributed by atoms with Crippen LogP contribution in [0.4, 0.5) is 4.79 Å². The number of ether oxygens (including phenoxy) is 1. The molecule has 1 N–H and O–H groups in total. The Morgan fingerprint density at radius 3 is 3.13 bits per heavy atom. The quantitative estimate of drug-likeness (QED) is 0.680. The minimum atomic E-state index is -0.396. The number of allylic oxidation sites excluding steroid dienone is 1. The summed E-state index contributed by atoms with van der Waals surface area (Å²) in [6.45, 7) is 0.991. The van der Waals surface area contributed by atoms with Crippen molar-refractivity contribution in [1.82, 2.24) is 10.2 Å². The van der Waals surface area contributed by atoms with Gasteiger partial charge in [-0.15, -0.1) is 0 Å². The van der Waals surface area contributed by atoms with Gasteiger partial charge in [0.15, 0.2) is 0 Å². The van der Waals surface area contributed by atoms with Gasteiger partial charge in [0.1, 0.15) is 13.2 Å². The molecule has 1 fully saturated rings. The summed E-state index contributed by atoms with van der Waals surface area (Å²) in [6, 6.07) is 0.135. The second-order valence-corrected chi connectivity index (χ2v) is 3.72. The fraction of sp³-hybridized carbons (Fsp3) is 0.600. The zero-order chi connectivity index (χ0) is 10.7. The molecule has 1 unspecified atom stereocenters. The van der Waals surface area contributed by atoms with Gasteiger partial charge in [0.25, 0.3) is 0 Å². The molecule has 0 aromatic carbocycles. The van der Waals surface area contributed by atoms with Gasteiger partial charge in [-0.1, -0.05) is 12.2 Å². The summed E-state index contributed by atoms with van der Waals surface area (Å²) >= 11 is 0. The summed E-state index contributed by atoms with van der Waals surface area (Å²) in [5, 5.41) is 2.85. The highest BCUT2D eigenvalue weighted by atomic mass is 16.6. The highest BCUT2D eigenvalue weighted by molar-refractivity contribution is 5.83. The van der Waals surface area contributed by atoms with Crippen molar-refractivity contribution in [1.29, 1.82) is 0 Å². The Labute approximate surface area is 88.1 Å². The average Bonchev–Trinajstić information content (AvgIpc) is 2.79. The molecule has 82 valence electrons. The molecule has 0 spiro atoms. The molecule has 1 atom stereocenters. The highest BCUT2D eigenvalue weighted by Gasteiger charge is 2.24. The largest absolute Gasteiger partial charge is 0.448 e. The van der Waals surface area contributed by atoms with E-state index < -0.39 is 6.09 Å². The fourth-order valence-corrected chi connectivity index (χ4v) is 1.75. The molecule has 5 nitrogen and oxygen atoms in total. The minimum absolute atomic E-state index is 0.100. The van der Waals surface area contributed by atoms with Crippen molar-refractivity contribution in [2.24, 2.45) is 0 Å². The molecule has 0 aromatic heterocycles. The van der Waals surface area contributed by atoms with E-state index >= 15 is 0 Å². The lowest BCUT2D eigenvalue weighted by atomic mass is 10.2. The average molecular weight is 210 g/mol. The Hall–Kier alpha value is -1.52. The van der Waals surface area contributed by atoms with E-state index in [4.69, 9.17) is 4.74 Å². The smallest absolute Gasteiger partial charge is 0.410 e. The first-order valence-corrected chi connectivity index (χ1v) is 5.13. The molecule has 0 saturated carbocycles. The lowest BCUT2D eigenvalue weighted by Crippen LogP contribution is -2.41. The Bertz CT molecular complexity index is 301. The monoisotopic (exact) mass is 210 g/mol. The van der Waals surface area contributed by atoms with Crippen LogP contribution in [-0.4, -0.2) is 42.6 Å². The number of cyclic esters (lactones) is 1. The normalized spacial score (nSPS) is 24.4. The lowest BCUT2D eigenvalue weighted by Gasteiger charge is -2.15. The molecular weight excluding hydrogens is 196 g/mol. The van der Waals surface area contributed by atoms with E-state index in [-0.39, 0.29) is 18.5 Å². The molecule has 1 aliphatic heterocycles. The van der Waals surface area contributed by atoms with Gasteiger partial charge in [-0.25, -0.2) is 4.79 Å². The van der Waals surface area contributed by atoms with E-state index in [1.807, 2.05) is 6.08 Å². The van der Waals surface area contributed by atoms with Crippen LogP contribution in [0.25, 0.3) is 0 Å². The maximum absolute atomic E-state index is 11.5. The van der Waals surface area contributed by atoms with E-state index in [0.717, 1.165) is 12.8 Å². The number of nitrogens with one attached hydrogen (secondary N) is 1. The van der Waals surface area contributed by atoms with Crippen LogP contribution in [-0.2, 0) is 9.53 Å². The Morgan fingerprint density at radius 1 is 1.67 bits per heavy atom. The van der Waals surface area contributed by atoms with Gasteiger partial charge in [0, 0.05) is 6.04 Å². The molecule has 2 rings (SSSR count). The Balaban J connectivity index is 1.76. The van der Waals surface area contributed by atoms with Crippen LogP contribution < -0.4 is 5.32 Å². The molecule has 2 amide bonds. The molecule has 1 aliphatic carbocycles. The van der Waals surface area contributed by atoms with Crippen molar-refractivity contribution in [3.8, 4) is 0 Å². The first kappa shape index (κ1) is 10.0. The molecule has 1 heterocycles. The predicted molar refractivity (Wildman–Crippen MR) is 53.2 cm³/mol. The Morgan fingerprint density at radius 2 is 2.53 bits per heavy atom. The summed E-state index contributed by atoms with van der Waals surface area (Å²) in [7, 11) is 0. The van der Waals surface area contributed by atoms with Crippen LogP contribution in [0.1, 0.15) is 12.8 Å². The number of carbonyl (C=O) groups excluding carboxylic acids is 2. The molecule has 0 radical (unpaired) electrons. The number of nitrogens with zero attached hydrogens (tertiary/aromatic N) is 1. The number of amides is 2. The van der Waals surface area contributed by atoms with Gasteiger partial charge < -0.3 is 10.1 Å². The third-order valence-electron chi connectivity index (χ3n) is 2.54. The maximum atomic E-state index is 11.5. The Kier molecular flexibility index (Phi) is 2.89. The number of hydrogen-bond donors (Lipinski definition) is 1. The summed E-state index contributed by atoms with van der Waals surface area (Å²) in [5.74, 6) is -0.120. The fourth-order valence-electron chi connectivity index (χ4n) is 1.75. The number of rotatable bonds is 3. The van der Waals surface area contributed by atoms with E-state index in [1.54, 1.807) is 0 Å². The van der Waals surface area contributed by atoms with Gasteiger partial charge in [-0.2, -0.15) is 0 Å². The summed E-state index contributed by atoms with van der Waals surface area (Å²) in [4.78, 5) is 24.0. The van der Waals surface area contributed by atoms with E-state index in [0.29, 0.717) is 13.2 Å². The van der Waals surface area contributed by atoms with Gasteiger partial charge in [0.05, 0.1) is 6.54 Å². The molecule has 1 saturated heterocycles. The predicted octanol–water partition coefficient (Wildman–Crippen LogP) is 0.273. The first-order chi connectivity index (χ1) is 7.25. The summed E-state index contributed by atoms with van der Waals surface area (Å²) in [5.41, 5.74) is 0. The zero-order valence-corrected chi connectivity index (χ0v) is 8.44. The van der Waals surface area contributed by atoms with E-state index in [9.17, 15) is 9.59 Å². The standard InChI is InChI=1S/C10H14N2O3/c13-9(11-8-3-1-2-4-8)7-12-5-6-15-10(12)14/h1,3,8H,2,4-7H2,(H,11,13). The van der Waals surface area contributed by atoms with Crippen LogP contribution in [0.3, 0.4) is 0 Å². The van der Waals surface area contributed by atoms with Gasteiger partial charge in [-0.05, 0) is 12.8 Å². The van der Waals surface area contributed by atoms with Gasteiger partial charge in [-0.3, -0.25) is 9.69 Å². The highest BCUT2D eigenvalue weighted by Crippen LogP contribution is 2.09. The number of carbonyl (C=O) groups is 2. The van der Waals surface area contributed by atoms with Crippen LogP contribution in [0, 0.1) is 0 Å². The number of hydrogen-bond acceptors (Lipinski definition) is 3. The zero-order valence-electron chi connectivity index (χ0n) is 8.44. The van der Waals surface area contributed by atoms with Crippen molar-refractivity contribution in [3.05, 3.63) is 12.2 Å². The van der Waals surface area contributed by atoms with Crippen molar-refractivity contribution in [2.75, 3.05) is 19.7 Å². The van der Waals surface area contributed by atoms with Crippen LogP contribution in [0.5, 0.6) is 0 Å². The molecular formula is C10H14N2O3. The molecule has 15 heavy (non-hydrogen) atoms. The molecule has 0 bridgehead atoms. The second kappa shape index (κ2) is 4.33. The van der Waals surface area contributed by atoms with Crippen LogP contribution in [0.2, 0.25) is 0 Å². The van der Waals surface area contributed by atoms with Crippen molar-refractivity contribution in [2.45, 2.75) is 18.9 Å². The second-order valence-electron chi connectivity index (χ2n) is 3.72.